The number of hydrogen-bond donors (Lipinski definition) is 0. The van der Waals surface area contributed by atoms with Crippen LogP contribution in [0.25, 0.3) is 21.5 Å². The average molecular weight is 438 g/mol. The van der Waals surface area contributed by atoms with E-state index in [2.05, 4.69) is 75.0 Å². The van der Waals surface area contributed by atoms with Crippen molar-refractivity contribution in [3.63, 3.8) is 0 Å². The van der Waals surface area contributed by atoms with Gasteiger partial charge in [-0.15, -0.1) is 0 Å². The maximum atomic E-state index is 3.72. The van der Waals surface area contributed by atoms with Crippen LogP contribution in [0.2, 0.25) is 0 Å². The molecule has 25 heavy (non-hydrogen) atoms. The number of aryl methyl sites for hydroxylation is 2. The second-order valence-corrected chi connectivity index (χ2v) is 7.46. The number of rotatable bonds is 0. The monoisotopic (exact) mass is 438 g/mol. The lowest BCUT2D eigenvalue weighted by atomic mass is 9.86. The Bertz CT molecular complexity index is 986. The van der Waals surface area contributed by atoms with Gasteiger partial charge in [-0.25, -0.2) is 0 Å². The Hall–Kier alpha value is -2.01. The Balaban J connectivity index is 0.000000223. The van der Waals surface area contributed by atoms with Gasteiger partial charge in [0.2, 0.25) is 0 Å². The van der Waals surface area contributed by atoms with E-state index in [4.69, 9.17) is 0 Å². The van der Waals surface area contributed by atoms with Gasteiger partial charge < -0.3 is 0 Å². The smallest absolute Gasteiger partial charge is 0.0451 e. The summed E-state index contributed by atoms with van der Waals surface area (Å²) in [5.41, 5.74) is 3.17. The van der Waals surface area contributed by atoms with Crippen LogP contribution in [0.4, 0.5) is 0 Å². The molecule has 0 saturated heterocycles. The Kier molecular flexibility index (Phi) is 4.92. The first-order valence-electron chi connectivity index (χ1n) is 8.66. The van der Waals surface area contributed by atoms with E-state index in [1.807, 2.05) is 0 Å². The number of halogens is 1. The van der Waals surface area contributed by atoms with Crippen LogP contribution < -0.4 is 0 Å². The van der Waals surface area contributed by atoms with Gasteiger partial charge in [-0.05, 0) is 87.0 Å². The summed E-state index contributed by atoms with van der Waals surface area (Å²) in [5.74, 6) is 0. The Morgan fingerprint density at radius 2 is 1.28 bits per heavy atom. The number of nitrogens with zero attached hydrogens (tertiary/aromatic N) is 2. The first-order valence-corrected chi connectivity index (χ1v) is 9.74. The summed E-state index contributed by atoms with van der Waals surface area (Å²) in [7, 11) is 0. The SMILES string of the molecule is Ic1cccc2c1ccc1c3c(ccc12)CCCC3.c1cnccn1. The molecule has 0 radical (unpaired) electrons. The topological polar surface area (TPSA) is 25.8 Å². The van der Waals surface area contributed by atoms with Gasteiger partial charge in [0, 0.05) is 28.4 Å². The zero-order valence-electron chi connectivity index (χ0n) is 14.0. The minimum absolute atomic E-state index is 1.25. The molecule has 4 aromatic rings. The van der Waals surface area contributed by atoms with E-state index in [0.717, 1.165) is 0 Å². The van der Waals surface area contributed by atoms with Crippen LogP contribution in [-0.4, -0.2) is 9.97 Å². The fraction of sp³-hybridized carbons (Fsp3) is 0.182. The van der Waals surface area contributed by atoms with Crippen LogP contribution >= 0.6 is 22.6 Å². The summed E-state index contributed by atoms with van der Waals surface area (Å²) >= 11 is 2.43. The number of fused-ring (bicyclic) bond motifs is 5. The molecule has 0 spiro atoms. The van der Waals surface area contributed by atoms with Crippen LogP contribution in [0.3, 0.4) is 0 Å². The fourth-order valence-corrected chi connectivity index (χ4v) is 4.32. The molecule has 0 atom stereocenters. The van der Waals surface area contributed by atoms with E-state index in [0.29, 0.717) is 0 Å². The molecule has 0 amide bonds. The van der Waals surface area contributed by atoms with Crippen LogP contribution in [-0.2, 0) is 12.8 Å². The molecule has 124 valence electrons. The Morgan fingerprint density at radius 3 is 2.04 bits per heavy atom. The molecule has 0 bridgehead atoms. The van der Waals surface area contributed by atoms with Crippen molar-refractivity contribution in [1.82, 2.24) is 9.97 Å². The molecular formula is C22H19IN2. The molecule has 5 rings (SSSR count). The van der Waals surface area contributed by atoms with Gasteiger partial charge in [0.15, 0.2) is 0 Å². The first kappa shape index (κ1) is 16.5. The molecule has 2 nitrogen and oxygen atoms in total. The molecule has 1 aromatic heterocycles. The van der Waals surface area contributed by atoms with E-state index >= 15 is 0 Å². The predicted octanol–water partition coefficient (Wildman–Crippen LogP) is 5.95. The van der Waals surface area contributed by atoms with Crippen molar-refractivity contribution in [3.8, 4) is 0 Å². The maximum absolute atomic E-state index is 3.72. The Labute approximate surface area is 161 Å². The molecule has 0 aliphatic heterocycles. The van der Waals surface area contributed by atoms with Crippen LogP contribution in [0.15, 0.2) is 67.3 Å². The summed E-state index contributed by atoms with van der Waals surface area (Å²) in [6, 6.07) is 15.9. The Morgan fingerprint density at radius 1 is 0.640 bits per heavy atom. The number of hydrogen-bond acceptors (Lipinski definition) is 2. The van der Waals surface area contributed by atoms with E-state index < -0.39 is 0 Å². The quantitative estimate of drug-likeness (QED) is 0.250. The van der Waals surface area contributed by atoms with Gasteiger partial charge in [0.1, 0.15) is 0 Å². The fourth-order valence-electron chi connectivity index (χ4n) is 3.64. The summed E-state index contributed by atoms with van der Waals surface area (Å²) in [5, 5.41) is 5.69. The predicted molar refractivity (Wildman–Crippen MR) is 113 cm³/mol. The lowest BCUT2D eigenvalue weighted by Gasteiger charge is -2.18. The normalized spacial score (nSPS) is 13.2. The highest BCUT2D eigenvalue weighted by Crippen LogP contribution is 2.34. The van der Waals surface area contributed by atoms with Crippen molar-refractivity contribution in [1.29, 1.82) is 0 Å². The molecule has 1 heterocycles. The van der Waals surface area contributed by atoms with E-state index in [9.17, 15) is 0 Å². The zero-order valence-corrected chi connectivity index (χ0v) is 16.1. The van der Waals surface area contributed by atoms with Crippen LogP contribution in [0.5, 0.6) is 0 Å². The van der Waals surface area contributed by atoms with E-state index in [1.165, 1.54) is 50.8 Å². The molecule has 1 aliphatic carbocycles. The third-order valence-electron chi connectivity index (χ3n) is 4.81. The van der Waals surface area contributed by atoms with Crippen LogP contribution in [0.1, 0.15) is 24.0 Å². The highest BCUT2D eigenvalue weighted by molar-refractivity contribution is 14.1. The highest BCUT2D eigenvalue weighted by Gasteiger charge is 2.13. The van der Waals surface area contributed by atoms with Crippen molar-refractivity contribution < 1.29 is 0 Å². The summed E-state index contributed by atoms with van der Waals surface area (Å²) < 4.78 is 1.34. The van der Waals surface area contributed by atoms with Crippen molar-refractivity contribution in [3.05, 3.63) is 81.9 Å². The van der Waals surface area contributed by atoms with Gasteiger partial charge in [-0.2, -0.15) is 0 Å². The summed E-state index contributed by atoms with van der Waals surface area (Å²) in [4.78, 5) is 7.44. The van der Waals surface area contributed by atoms with E-state index in [1.54, 1.807) is 35.9 Å². The third-order valence-corrected chi connectivity index (χ3v) is 5.76. The van der Waals surface area contributed by atoms with Gasteiger partial charge in [-0.1, -0.05) is 36.4 Å². The first-order chi connectivity index (χ1) is 12.3. The molecule has 3 heteroatoms. The van der Waals surface area contributed by atoms with Gasteiger partial charge in [0.25, 0.3) is 0 Å². The molecular weight excluding hydrogens is 419 g/mol. The van der Waals surface area contributed by atoms with E-state index in [-0.39, 0.29) is 0 Å². The van der Waals surface area contributed by atoms with Crippen molar-refractivity contribution in [2.75, 3.05) is 0 Å². The van der Waals surface area contributed by atoms with Crippen LogP contribution in [0, 0.1) is 3.57 Å². The van der Waals surface area contributed by atoms with Crippen molar-refractivity contribution in [2.24, 2.45) is 0 Å². The number of benzene rings is 3. The number of aromatic nitrogens is 2. The second kappa shape index (κ2) is 7.48. The van der Waals surface area contributed by atoms with Crippen molar-refractivity contribution in [2.45, 2.75) is 25.7 Å². The lowest BCUT2D eigenvalue weighted by Crippen LogP contribution is -2.03. The minimum Gasteiger partial charge on any atom is -0.262 e. The molecule has 0 unspecified atom stereocenters. The van der Waals surface area contributed by atoms with Crippen molar-refractivity contribution >= 4 is 44.1 Å². The molecule has 0 saturated carbocycles. The minimum atomic E-state index is 1.25. The third kappa shape index (κ3) is 3.38. The summed E-state index contributed by atoms with van der Waals surface area (Å²) in [6.07, 6.45) is 11.8. The zero-order chi connectivity index (χ0) is 17.1. The average Bonchev–Trinajstić information content (AvgIpc) is 2.69. The highest BCUT2D eigenvalue weighted by atomic mass is 127. The largest absolute Gasteiger partial charge is 0.262 e. The molecule has 0 N–H and O–H groups in total. The second-order valence-electron chi connectivity index (χ2n) is 6.30. The molecule has 0 fully saturated rings. The van der Waals surface area contributed by atoms with Gasteiger partial charge >= 0.3 is 0 Å². The van der Waals surface area contributed by atoms with Gasteiger partial charge in [0.05, 0.1) is 0 Å². The molecule has 1 aliphatic rings. The standard InChI is InChI=1S/C18H15I.C4H4N2/c19-18-7-3-6-14-16-9-8-12-4-1-2-5-13(12)15(16)10-11-17(14)18;1-2-6-4-3-5-1/h3,6-11H,1-2,4-5H2;1-4H. The molecule has 3 aromatic carbocycles. The maximum Gasteiger partial charge on any atom is 0.0451 e. The lowest BCUT2D eigenvalue weighted by molar-refractivity contribution is 0.690. The summed E-state index contributed by atoms with van der Waals surface area (Å²) in [6.45, 7) is 0. The van der Waals surface area contributed by atoms with Gasteiger partial charge in [-0.3, -0.25) is 9.97 Å².